The van der Waals surface area contributed by atoms with Crippen molar-refractivity contribution in [1.29, 1.82) is 0 Å². The summed E-state index contributed by atoms with van der Waals surface area (Å²) in [5, 5.41) is 2.97. The predicted molar refractivity (Wildman–Crippen MR) is 84.0 cm³/mol. The average Bonchev–Trinajstić information content (AvgIpc) is 2.43. The first-order valence-electron chi connectivity index (χ1n) is 6.98. The Labute approximate surface area is 120 Å². The zero-order valence-corrected chi connectivity index (χ0v) is 12.4. The van der Waals surface area contributed by atoms with Crippen LogP contribution in [0.2, 0.25) is 0 Å². The molecule has 0 atom stereocenters. The van der Waals surface area contributed by atoms with Crippen molar-refractivity contribution in [3.05, 3.63) is 64.7 Å². The third-order valence-corrected chi connectivity index (χ3v) is 3.63. The Balaban J connectivity index is 1.92. The summed E-state index contributed by atoms with van der Waals surface area (Å²) in [6, 6.07) is 14.2. The van der Waals surface area contributed by atoms with Gasteiger partial charge in [0.1, 0.15) is 0 Å². The van der Waals surface area contributed by atoms with E-state index in [2.05, 4.69) is 37.4 Å². The van der Waals surface area contributed by atoms with Crippen LogP contribution in [0.4, 0.5) is 5.69 Å². The minimum Gasteiger partial charge on any atom is -0.326 e. The Kier molecular flexibility index (Phi) is 4.57. The van der Waals surface area contributed by atoms with Gasteiger partial charge in [-0.05, 0) is 55.5 Å². The van der Waals surface area contributed by atoms with Gasteiger partial charge in [-0.15, -0.1) is 0 Å². The molecule has 1 N–H and O–H groups in total. The van der Waals surface area contributed by atoms with Crippen molar-refractivity contribution in [3.63, 3.8) is 0 Å². The average molecular weight is 267 g/mol. The Bertz CT molecular complexity index is 617. The summed E-state index contributed by atoms with van der Waals surface area (Å²) in [7, 11) is 0. The lowest BCUT2D eigenvalue weighted by Crippen LogP contribution is -2.13. The number of hydrogen-bond donors (Lipinski definition) is 1. The molecular formula is C18H21NO. The third-order valence-electron chi connectivity index (χ3n) is 3.63. The van der Waals surface area contributed by atoms with Crippen LogP contribution in [0, 0.1) is 20.8 Å². The lowest BCUT2D eigenvalue weighted by molar-refractivity contribution is -0.116. The number of nitrogens with one attached hydrogen (secondary N) is 1. The number of carbonyl (C=O) groups is 1. The van der Waals surface area contributed by atoms with Gasteiger partial charge in [-0.2, -0.15) is 0 Å². The van der Waals surface area contributed by atoms with E-state index in [1.54, 1.807) is 0 Å². The topological polar surface area (TPSA) is 29.1 Å². The molecule has 0 aromatic heterocycles. The molecule has 0 unspecified atom stereocenters. The van der Waals surface area contributed by atoms with Crippen LogP contribution in [0.25, 0.3) is 0 Å². The minimum absolute atomic E-state index is 0.0672. The predicted octanol–water partition coefficient (Wildman–Crippen LogP) is 4.18. The Morgan fingerprint density at radius 3 is 2.40 bits per heavy atom. The number of carbonyl (C=O) groups excluding carboxylic acids is 1. The molecule has 0 heterocycles. The molecule has 104 valence electrons. The summed E-state index contributed by atoms with van der Waals surface area (Å²) in [5.41, 5.74) is 5.78. The fourth-order valence-corrected chi connectivity index (χ4v) is 2.14. The maximum atomic E-state index is 12.0. The standard InChI is InChI=1S/C18H21NO/c1-13-8-9-16(12-15(13)3)10-11-18(20)19-17-7-5-4-6-14(17)2/h4-9,12H,10-11H2,1-3H3,(H,19,20). The van der Waals surface area contributed by atoms with Crippen LogP contribution in [0.15, 0.2) is 42.5 Å². The van der Waals surface area contributed by atoms with E-state index in [0.717, 1.165) is 17.7 Å². The van der Waals surface area contributed by atoms with Gasteiger partial charge < -0.3 is 5.32 Å². The van der Waals surface area contributed by atoms with Crippen LogP contribution in [0.3, 0.4) is 0 Å². The van der Waals surface area contributed by atoms with E-state index in [1.807, 2.05) is 31.2 Å². The molecule has 0 radical (unpaired) electrons. The number of aryl methyl sites for hydroxylation is 4. The van der Waals surface area contributed by atoms with Gasteiger partial charge in [0.15, 0.2) is 0 Å². The second kappa shape index (κ2) is 6.38. The highest BCUT2D eigenvalue weighted by molar-refractivity contribution is 5.91. The first-order valence-corrected chi connectivity index (χ1v) is 6.98. The Morgan fingerprint density at radius 2 is 1.70 bits per heavy atom. The smallest absolute Gasteiger partial charge is 0.224 e. The molecular weight excluding hydrogens is 246 g/mol. The van der Waals surface area contributed by atoms with Gasteiger partial charge in [0, 0.05) is 12.1 Å². The molecule has 2 heteroatoms. The van der Waals surface area contributed by atoms with E-state index in [0.29, 0.717) is 6.42 Å². The number of anilines is 1. The van der Waals surface area contributed by atoms with E-state index in [4.69, 9.17) is 0 Å². The molecule has 0 bridgehead atoms. The molecule has 0 aliphatic rings. The molecule has 0 spiro atoms. The zero-order chi connectivity index (χ0) is 14.5. The van der Waals surface area contributed by atoms with Gasteiger partial charge >= 0.3 is 0 Å². The van der Waals surface area contributed by atoms with Crippen molar-refractivity contribution in [2.75, 3.05) is 5.32 Å². The first kappa shape index (κ1) is 14.3. The molecule has 2 nitrogen and oxygen atoms in total. The first-order chi connectivity index (χ1) is 9.56. The second-order valence-corrected chi connectivity index (χ2v) is 5.28. The van der Waals surface area contributed by atoms with Crippen LogP contribution in [-0.4, -0.2) is 5.91 Å². The summed E-state index contributed by atoms with van der Waals surface area (Å²) in [4.78, 5) is 12.0. The van der Waals surface area contributed by atoms with Gasteiger partial charge in [0.05, 0.1) is 0 Å². The van der Waals surface area contributed by atoms with Gasteiger partial charge in [0.25, 0.3) is 0 Å². The van der Waals surface area contributed by atoms with Crippen molar-refractivity contribution in [2.24, 2.45) is 0 Å². The van der Waals surface area contributed by atoms with E-state index >= 15 is 0 Å². The van der Waals surface area contributed by atoms with Crippen LogP contribution in [0.1, 0.15) is 28.7 Å². The van der Waals surface area contributed by atoms with Gasteiger partial charge in [-0.3, -0.25) is 4.79 Å². The summed E-state index contributed by atoms with van der Waals surface area (Å²) < 4.78 is 0. The van der Waals surface area contributed by atoms with E-state index < -0.39 is 0 Å². The lowest BCUT2D eigenvalue weighted by Gasteiger charge is -2.08. The van der Waals surface area contributed by atoms with Gasteiger partial charge in [-0.1, -0.05) is 36.4 Å². The molecule has 20 heavy (non-hydrogen) atoms. The van der Waals surface area contributed by atoms with E-state index in [9.17, 15) is 4.79 Å². The SMILES string of the molecule is Cc1ccc(CCC(=O)Nc2ccccc2C)cc1C. The highest BCUT2D eigenvalue weighted by atomic mass is 16.1. The zero-order valence-electron chi connectivity index (χ0n) is 12.4. The maximum Gasteiger partial charge on any atom is 0.224 e. The fourth-order valence-electron chi connectivity index (χ4n) is 2.14. The Morgan fingerprint density at radius 1 is 0.950 bits per heavy atom. The number of amides is 1. The van der Waals surface area contributed by atoms with Gasteiger partial charge in [-0.25, -0.2) is 0 Å². The summed E-state index contributed by atoms with van der Waals surface area (Å²) in [5.74, 6) is 0.0672. The summed E-state index contributed by atoms with van der Waals surface area (Å²) >= 11 is 0. The lowest BCUT2D eigenvalue weighted by atomic mass is 10.0. The van der Waals surface area contributed by atoms with Crippen LogP contribution < -0.4 is 5.32 Å². The van der Waals surface area contributed by atoms with Crippen molar-refractivity contribution in [1.82, 2.24) is 0 Å². The van der Waals surface area contributed by atoms with E-state index in [-0.39, 0.29) is 5.91 Å². The number of para-hydroxylation sites is 1. The van der Waals surface area contributed by atoms with Gasteiger partial charge in [0.2, 0.25) is 5.91 Å². The molecule has 0 aliphatic heterocycles. The van der Waals surface area contributed by atoms with Crippen molar-refractivity contribution in [2.45, 2.75) is 33.6 Å². The van der Waals surface area contributed by atoms with Crippen LogP contribution in [0.5, 0.6) is 0 Å². The second-order valence-electron chi connectivity index (χ2n) is 5.28. The Hall–Kier alpha value is -2.09. The minimum atomic E-state index is 0.0672. The monoisotopic (exact) mass is 267 g/mol. The number of benzene rings is 2. The summed E-state index contributed by atoms with van der Waals surface area (Å²) in [6.07, 6.45) is 1.29. The third kappa shape index (κ3) is 3.70. The molecule has 0 fully saturated rings. The molecule has 2 aromatic rings. The molecule has 1 amide bonds. The highest BCUT2D eigenvalue weighted by Gasteiger charge is 2.05. The van der Waals surface area contributed by atoms with E-state index in [1.165, 1.54) is 16.7 Å². The van der Waals surface area contributed by atoms with Crippen molar-refractivity contribution in [3.8, 4) is 0 Å². The normalized spacial score (nSPS) is 10.3. The quantitative estimate of drug-likeness (QED) is 0.884. The molecule has 0 aliphatic carbocycles. The molecule has 2 rings (SSSR count). The maximum absolute atomic E-state index is 12.0. The molecule has 0 saturated carbocycles. The fraction of sp³-hybridized carbons (Fsp3) is 0.278. The number of rotatable bonds is 4. The van der Waals surface area contributed by atoms with Crippen molar-refractivity contribution < 1.29 is 4.79 Å². The van der Waals surface area contributed by atoms with Crippen molar-refractivity contribution >= 4 is 11.6 Å². The highest BCUT2D eigenvalue weighted by Crippen LogP contribution is 2.15. The summed E-state index contributed by atoms with van der Waals surface area (Å²) in [6.45, 7) is 6.20. The molecule has 2 aromatic carbocycles. The van der Waals surface area contributed by atoms with Crippen LogP contribution in [-0.2, 0) is 11.2 Å². The number of hydrogen-bond acceptors (Lipinski definition) is 1. The van der Waals surface area contributed by atoms with Crippen LogP contribution >= 0.6 is 0 Å². The molecule has 0 saturated heterocycles. The largest absolute Gasteiger partial charge is 0.326 e.